The molecule has 1 N–H and O–H groups in total. The van der Waals surface area contributed by atoms with Crippen molar-refractivity contribution in [2.75, 3.05) is 4.72 Å². The van der Waals surface area contributed by atoms with Gasteiger partial charge in [0.1, 0.15) is 4.75 Å². The zero-order valence-electron chi connectivity index (χ0n) is 8.46. The summed E-state index contributed by atoms with van der Waals surface area (Å²) in [7, 11) is -3.25. The van der Waals surface area contributed by atoms with Crippen LogP contribution in [0.3, 0.4) is 0 Å². The first-order chi connectivity index (χ1) is 6.34. The highest BCUT2D eigenvalue weighted by Gasteiger charge is 2.43. The fraction of sp³-hybridized carbons (Fsp3) is 0.400. The van der Waals surface area contributed by atoms with Gasteiger partial charge >= 0.3 is 0 Å². The van der Waals surface area contributed by atoms with Crippen LogP contribution >= 0.6 is 0 Å². The average Bonchev–Trinajstić information content (AvgIpc) is 2.22. The van der Waals surface area contributed by atoms with E-state index in [9.17, 15) is 8.42 Å². The summed E-state index contributed by atoms with van der Waals surface area (Å²) in [5.74, 6) is 0. The quantitative estimate of drug-likeness (QED) is 0.713. The van der Waals surface area contributed by atoms with Crippen molar-refractivity contribution in [3.8, 4) is 0 Å². The van der Waals surface area contributed by atoms with E-state index in [-0.39, 0.29) is 0 Å². The van der Waals surface area contributed by atoms with Gasteiger partial charge in [0, 0.05) is 0 Å². The molecular formula is C10H13NO2S. The Morgan fingerprint density at radius 1 is 1.29 bits per heavy atom. The molecule has 0 spiro atoms. The number of rotatable bonds is 0. The van der Waals surface area contributed by atoms with E-state index in [1.807, 2.05) is 25.1 Å². The van der Waals surface area contributed by atoms with Crippen LogP contribution in [0.5, 0.6) is 0 Å². The predicted octanol–water partition coefficient (Wildman–Crippen LogP) is 1.99. The maximum absolute atomic E-state index is 11.7. The molecule has 1 aromatic rings. The number of sulfonamides is 1. The van der Waals surface area contributed by atoms with Gasteiger partial charge in [0.15, 0.2) is 0 Å². The molecule has 2 rings (SSSR count). The third-order valence-corrected chi connectivity index (χ3v) is 4.79. The Balaban J connectivity index is 2.74. The second kappa shape index (κ2) is 2.51. The van der Waals surface area contributed by atoms with Crippen LogP contribution < -0.4 is 4.72 Å². The van der Waals surface area contributed by atoms with E-state index in [4.69, 9.17) is 0 Å². The number of nitrogens with one attached hydrogen (secondary N) is 1. The number of hydrogen-bond acceptors (Lipinski definition) is 2. The molecule has 1 aromatic carbocycles. The van der Waals surface area contributed by atoms with Gasteiger partial charge in [-0.05, 0) is 32.4 Å². The van der Waals surface area contributed by atoms with Crippen LogP contribution in [0.25, 0.3) is 0 Å². The molecule has 76 valence electrons. The Morgan fingerprint density at radius 3 is 2.57 bits per heavy atom. The number of benzene rings is 1. The first-order valence-corrected chi connectivity index (χ1v) is 5.96. The summed E-state index contributed by atoms with van der Waals surface area (Å²) in [6.45, 7) is 5.41. The Hall–Kier alpha value is -1.03. The standard InChI is InChI=1S/C10H13NO2S/c1-7-4-5-9-8(6-7)10(2,3)14(12,13)11-9/h4-6,11H,1-3H3. The molecule has 14 heavy (non-hydrogen) atoms. The summed E-state index contributed by atoms with van der Waals surface area (Å²) >= 11 is 0. The second-order valence-electron chi connectivity index (χ2n) is 4.16. The molecule has 0 radical (unpaired) electrons. The zero-order chi connectivity index (χ0) is 10.6. The molecule has 0 fully saturated rings. The van der Waals surface area contributed by atoms with Crippen LogP contribution in [-0.4, -0.2) is 8.42 Å². The number of hydrogen-bond donors (Lipinski definition) is 1. The molecule has 0 aliphatic carbocycles. The van der Waals surface area contributed by atoms with E-state index < -0.39 is 14.8 Å². The summed E-state index contributed by atoms with van der Waals surface area (Å²) in [6.07, 6.45) is 0. The monoisotopic (exact) mass is 211 g/mol. The second-order valence-corrected chi connectivity index (χ2v) is 6.40. The predicted molar refractivity (Wildman–Crippen MR) is 56.7 cm³/mol. The highest BCUT2D eigenvalue weighted by atomic mass is 32.2. The minimum absolute atomic E-state index is 0.709. The molecular weight excluding hydrogens is 198 g/mol. The summed E-state index contributed by atoms with van der Waals surface area (Å²) in [6, 6.07) is 5.65. The zero-order valence-corrected chi connectivity index (χ0v) is 9.27. The van der Waals surface area contributed by atoms with Gasteiger partial charge in [0.2, 0.25) is 10.0 Å². The molecule has 1 heterocycles. The Labute approximate surface area is 84.2 Å². The van der Waals surface area contributed by atoms with E-state index >= 15 is 0 Å². The largest absolute Gasteiger partial charge is 0.282 e. The third kappa shape index (κ3) is 1.07. The number of aryl methyl sites for hydroxylation is 1. The molecule has 0 aromatic heterocycles. The molecule has 1 aliphatic rings. The van der Waals surface area contributed by atoms with Crippen LogP contribution in [0.2, 0.25) is 0 Å². The highest BCUT2D eigenvalue weighted by Crippen LogP contribution is 2.42. The maximum atomic E-state index is 11.7. The van der Waals surface area contributed by atoms with E-state index in [2.05, 4.69) is 4.72 Å². The van der Waals surface area contributed by atoms with Crippen molar-refractivity contribution in [2.24, 2.45) is 0 Å². The van der Waals surface area contributed by atoms with Crippen LogP contribution in [-0.2, 0) is 14.8 Å². The van der Waals surface area contributed by atoms with Gasteiger partial charge in [-0.15, -0.1) is 0 Å². The molecule has 1 aliphatic heterocycles. The molecule has 0 bridgehead atoms. The number of fused-ring (bicyclic) bond motifs is 1. The lowest BCUT2D eigenvalue weighted by Crippen LogP contribution is -2.26. The van der Waals surface area contributed by atoms with Crippen LogP contribution in [0.15, 0.2) is 18.2 Å². The lowest BCUT2D eigenvalue weighted by molar-refractivity contribution is 0.567. The first kappa shape index (κ1) is 9.52. The minimum atomic E-state index is -3.25. The highest BCUT2D eigenvalue weighted by molar-refractivity contribution is 7.94. The van der Waals surface area contributed by atoms with Crippen molar-refractivity contribution >= 4 is 15.7 Å². The molecule has 4 heteroatoms. The lowest BCUT2D eigenvalue weighted by Gasteiger charge is -2.16. The average molecular weight is 211 g/mol. The van der Waals surface area contributed by atoms with Crippen LogP contribution in [0, 0.1) is 6.92 Å². The van der Waals surface area contributed by atoms with Gasteiger partial charge in [-0.25, -0.2) is 8.42 Å². The first-order valence-electron chi connectivity index (χ1n) is 4.48. The van der Waals surface area contributed by atoms with Crippen molar-refractivity contribution in [3.05, 3.63) is 29.3 Å². The minimum Gasteiger partial charge on any atom is -0.282 e. The van der Waals surface area contributed by atoms with Gasteiger partial charge in [-0.1, -0.05) is 17.7 Å². The topological polar surface area (TPSA) is 46.2 Å². The molecule has 0 unspecified atom stereocenters. The summed E-state index contributed by atoms with van der Waals surface area (Å²) in [5, 5.41) is 0. The van der Waals surface area contributed by atoms with Gasteiger partial charge in [0.25, 0.3) is 0 Å². The van der Waals surface area contributed by atoms with Crippen molar-refractivity contribution in [2.45, 2.75) is 25.5 Å². The van der Waals surface area contributed by atoms with Gasteiger partial charge in [-0.3, -0.25) is 4.72 Å². The molecule has 0 amide bonds. The van der Waals surface area contributed by atoms with Gasteiger partial charge in [-0.2, -0.15) is 0 Å². The van der Waals surface area contributed by atoms with Crippen LogP contribution in [0.1, 0.15) is 25.0 Å². The molecule has 3 nitrogen and oxygen atoms in total. The van der Waals surface area contributed by atoms with Crippen molar-refractivity contribution < 1.29 is 8.42 Å². The summed E-state index contributed by atoms with van der Waals surface area (Å²) in [5.41, 5.74) is 2.65. The smallest absolute Gasteiger partial charge is 0.242 e. The van der Waals surface area contributed by atoms with Crippen LogP contribution in [0.4, 0.5) is 5.69 Å². The van der Waals surface area contributed by atoms with Gasteiger partial charge < -0.3 is 0 Å². The molecule has 0 atom stereocenters. The van der Waals surface area contributed by atoms with E-state index in [0.29, 0.717) is 5.69 Å². The summed E-state index contributed by atoms with van der Waals surface area (Å²) < 4.78 is 25.2. The molecule has 0 saturated carbocycles. The van der Waals surface area contributed by atoms with E-state index in [0.717, 1.165) is 11.1 Å². The third-order valence-electron chi connectivity index (χ3n) is 2.74. The van der Waals surface area contributed by atoms with Crippen molar-refractivity contribution in [1.82, 2.24) is 0 Å². The van der Waals surface area contributed by atoms with E-state index in [1.165, 1.54) is 0 Å². The maximum Gasteiger partial charge on any atom is 0.242 e. The fourth-order valence-corrected chi connectivity index (χ4v) is 2.84. The van der Waals surface area contributed by atoms with Crippen molar-refractivity contribution in [3.63, 3.8) is 0 Å². The van der Waals surface area contributed by atoms with Crippen molar-refractivity contribution in [1.29, 1.82) is 0 Å². The lowest BCUT2D eigenvalue weighted by atomic mass is 9.99. The van der Waals surface area contributed by atoms with Gasteiger partial charge in [0.05, 0.1) is 5.69 Å². The number of anilines is 1. The SMILES string of the molecule is Cc1ccc2c(c1)C(C)(C)S(=O)(=O)N2. The fourth-order valence-electron chi connectivity index (χ4n) is 1.66. The summed E-state index contributed by atoms with van der Waals surface area (Å²) in [4.78, 5) is 0. The Morgan fingerprint density at radius 2 is 1.93 bits per heavy atom. The van der Waals surface area contributed by atoms with E-state index in [1.54, 1.807) is 13.8 Å². The molecule has 0 saturated heterocycles. The Bertz CT molecular complexity index is 489. The normalized spacial score (nSPS) is 21.4. The Kier molecular flexibility index (Phi) is 1.71.